The first-order valence-corrected chi connectivity index (χ1v) is 9.10. The number of hydrogen-bond donors (Lipinski definition) is 2. The summed E-state index contributed by atoms with van der Waals surface area (Å²) < 4.78 is 2.21. The molecule has 1 atom stereocenters. The molecule has 1 aliphatic rings. The van der Waals surface area contributed by atoms with Crippen molar-refractivity contribution in [3.8, 4) is 0 Å². The SMILES string of the molecule is NNC(c1ccc(C2CCC2)cc1)c1cc(Br)sc1Br. The second kappa shape index (κ2) is 6.28. The maximum Gasteiger partial charge on any atom is 0.0762 e. The van der Waals surface area contributed by atoms with Gasteiger partial charge in [0.25, 0.3) is 0 Å². The van der Waals surface area contributed by atoms with Gasteiger partial charge in [0.1, 0.15) is 0 Å². The molecule has 3 rings (SSSR count). The molecule has 106 valence electrons. The average Bonchev–Trinajstić information content (AvgIpc) is 2.70. The molecular formula is C15H16Br2N2S. The third-order valence-corrected chi connectivity index (χ3v) is 6.39. The standard InChI is InChI=1S/C15H16Br2N2S/c16-13-8-12(15(17)20-13)14(19-18)11-6-4-10(5-7-11)9-2-1-3-9/h4-9,14,19H,1-3,18H2. The van der Waals surface area contributed by atoms with Crippen LogP contribution in [0.2, 0.25) is 0 Å². The van der Waals surface area contributed by atoms with Crippen molar-refractivity contribution in [3.63, 3.8) is 0 Å². The summed E-state index contributed by atoms with van der Waals surface area (Å²) in [6.07, 6.45) is 4.04. The summed E-state index contributed by atoms with van der Waals surface area (Å²) in [6.45, 7) is 0. The van der Waals surface area contributed by atoms with Gasteiger partial charge in [0, 0.05) is 5.56 Å². The summed E-state index contributed by atoms with van der Waals surface area (Å²) in [6, 6.07) is 11.0. The van der Waals surface area contributed by atoms with Crippen molar-refractivity contribution in [1.82, 2.24) is 5.43 Å². The molecule has 0 amide bonds. The minimum Gasteiger partial charge on any atom is -0.271 e. The number of thiophene rings is 1. The van der Waals surface area contributed by atoms with Gasteiger partial charge in [-0.2, -0.15) is 0 Å². The minimum absolute atomic E-state index is 0.0161. The van der Waals surface area contributed by atoms with E-state index in [0.717, 1.165) is 13.5 Å². The first-order chi connectivity index (χ1) is 9.69. The molecule has 1 aromatic heterocycles. The minimum atomic E-state index is 0.0161. The fraction of sp³-hybridized carbons (Fsp3) is 0.333. The van der Waals surface area contributed by atoms with Crippen LogP contribution in [-0.4, -0.2) is 0 Å². The van der Waals surface area contributed by atoms with Gasteiger partial charge in [0.2, 0.25) is 0 Å². The van der Waals surface area contributed by atoms with Crippen molar-refractivity contribution in [2.24, 2.45) is 5.84 Å². The zero-order valence-electron chi connectivity index (χ0n) is 10.9. The van der Waals surface area contributed by atoms with Crippen molar-refractivity contribution in [1.29, 1.82) is 0 Å². The van der Waals surface area contributed by atoms with Crippen LogP contribution in [0.5, 0.6) is 0 Å². The van der Waals surface area contributed by atoms with Gasteiger partial charge in [0.15, 0.2) is 0 Å². The summed E-state index contributed by atoms with van der Waals surface area (Å²) in [7, 11) is 0. The van der Waals surface area contributed by atoms with Crippen molar-refractivity contribution >= 4 is 43.2 Å². The van der Waals surface area contributed by atoms with Gasteiger partial charge in [-0.25, -0.2) is 5.43 Å². The highest BCUT2D eigenvalue weighted by Gasteiger charge is 2.21. The quantitative estimate of drug-likeness (QED) is 0.538. The van der Waals surface area contributed by atoms with E-state index in [1.165, 1.54) is 36.0 Å². The smallest absolute Gasteiger partial charge is 0.0762 e. The van der Waals surface area contributed by atoms with Crippen LogP contribution in [0.15, 0.2) is 37.9 Å². The van der Waals surface area contributed by atoms with Crippen LogP contribution in [0, 0.1) is 0 Å². The largest absolute Gasteiger partial charge is 0.271 e. The Bertz CT molecular complexity index is 590. The van der Waals surface area contributed by atoms with Crippen molar-refractivity contribution in [3.05, 3.63) is 54.6 Å². The number of nitrogens with two attached hydrogens (primary N) is 1. The zero-order valence-corrected chi connectivity index (χ0v) is 14.9. The Hall–Kier alpha value is -0.200. The van der Waals surface area contributed by atoms with E-state index < -0.39 is 0 Å². The number of nitrogens with one attached hydrogen (secondary N) is 1. The highest BCUT2D eigenvalue weighted by molar-refractivity contribution is 9.12. The van der Waals surface area contributed by atoms with E-state index in [1.54, 1.807) is 11.3 Å². The van der Waals surface area contributed by atoms with Gasteiger partial charge in [0.05, 0.1) is 13.6 Å². The Morgan fingerprint density at radius 1 is 1.20 bits per heavy atom. The number of benzene rings is 1. The van der Waals surface area contributed by atoms with Gasteiger partial charge >= 0.3 is 0 Å². The summed E-state index contributed by atoms with van der Waals surface area (Å²) in [4.78, 5) is 0. The molecule has 20 heavy (non-hydrogen) atoms. The molecule has 1 aromatic carbocycles. The van der Waals surface area contributed by atoms with E-state index in [0.29, 0.717) is 0 Å². The molecule has 2 nitrogen and oxygen atoms in total. The lowest BCUT2D eigenvalue weighted by Crippen LogP contribution is -2.28. The van der Waals surface area contributed by atoms with Crippen LogP contribution >= 0.6 is 43.2 Å². The fourth-order valence-electron chi connectivity index (χ4n) is 2.62. The molecule has 5 heteroatoms. The van der Waals surface area contributed by atoms with Crippen LogP contribution < -0.4 is 11.3 Å². The molecule has 2 aromatic rings. The molecule has 1 saturated carbocycles. The van der Waals surface area contributed by atoms with Crippen LogP contribution in [0.3, 0.4) is 0 Å². The van der Waals surface area contributed by atoms with Gasteiger partial charge in [-0.15, -0.1) is 11.3 Å². The molecule has 0 bridgehead atoms. The third kappa shape index (κ3) is 2.88. The van der Waals surface area contributed by atoms with E-state index in [-0.39, 0.29) is 6.04 Å². The van der Waals surface area contributed by atoms with E-state index >= 15 is 0 Å². The lowest BCUT2D eigenvalue weighted by Gasteiger charge is -2.26. The summed E-state index contributed by atoms with van der Waals surface area (Å²) in [5, 5.41) is 0. The van der Waals surface area contributed by atoms with E-state index in [1.807, 2.05) is 0 Å². The predicted molar refractivity (Wildman–Crippen MR) is 91.9 cm³/mol. The molecule has 0 saturated heterocycles. The second-order valence-electron chi connectivity index (χ2n) is 5.17. The fourth-order valence-corrected chi connectivity index (χ4v) is 5.52. The first-order valence-electron chi connectivity index (χ1n) is 6.69. The number of hydrogen-bond acceptors (Lipinski definition) is 3. The van der Waals surface area contributed by atoms with E-state index in [9.17, 15) is 0 Å². The first kappa shape index (κ1) is 14.7. The highest BCUT2D eigenvalue weighted by Crippen LogP contribution is 2.39. The highest BCUT2D eigenvalue weighted by atomic mass is 79.9. The van der Waals surface area contributed by atoms with Gasteiger partial charge in [-0.3, -0.25) is 5.84 Å². The van der Waals surface area contributed by atoms with Crippen molar-refractivity contribution in [2.45, 2.75) is 31.2 Å². The van der Waals surface area contributed by atoms with Crippen molar-refractivity contribution < 1.29 is 0 Å². The van der Waals surface area contributed by atoms with Gasteiger partial charge in [-0.1, -0.05) is 30.7 Å². The summed E-state index contributed by atoms with van der Waals surface area (Å²) in [5.41, 5.74) is 6.74. The lowest BCUT2D eigenvalue weighted by molar-refractivity contribution is 0.419. The molecule has 0 spiro atoms. The second-order valence-corrected chi connectivity index (χ2v) is 8.92. The van der Waals surface area contributed by atoms with E-state index in [2.05, 4.69) is 67.6 Å². The maximum absolute atomic E-state index is 5.77. The topological polar surface area (TPSA) is 38.0 Å². The number of hydrazine groups is 1. The molecule has 1 aliphatic carbocycles. The van der Waals surface area contributed by atoms with Gasteiger partial charge < -0.3 is 0 Å². The Morgan fingerprint density at radius 2 is 1.90 bits per heavy atom. The van der Waals surface area contributed by atoms with Crippen molar-refractivity contribution in [2.75, 3.05) is 0 Å². The van der Waals surface area contributed by atoms with Gasteiger partial charge in [-0.05, 0) is 67.8 Å². The van der Waals surface area contributed by atoms with Crippen LogP contribution in [0.1, 0.15) is 47.9 Å². The van der Waals surface area contributed by atoms with E-state index in [4.69, 9.17) is 5.84 Å². The number of halogens is 2. The average molecular weight is 416 g/mol. The Balaban J connectivity index is 1.87. The summed E-state index contributed by atoms with van der Waals surface area (Å²) >= 11 is 8.79. The van der Waals surface area contributed by atoms with Crippen LogP contribution in [-0.2, 0) is 0 Å². The monoisotopic (exact) mass is 414 g/mol. The molecule has 3 N–H and O–H groups in total. The molecule has 0 aliphatic heterocycles. The molecule has 1 unspecified atom stereocenters. The Kier molecular flexibility index (Phi) is 4.62. The predicted octanol–water partition coefficient (Wildman–Crippen LogP) is 5.09. The molecule has 1 heterocycles. The number of rotatable bonds is 4. The summed E-state index contributed by atoms with van der Waals surface area (Å²) in [5.74, 6) is 6.54. The normalized spacial score (nSPS) is 16.9. The molecular weight excluding hydrogens is 400 g/mol. The Labute approximate surface area is 140 Å². The molecule has 0 radical (unpaired) electrons. The van der Waals surface area contributed by atoms with Crippen LogP contribution in [0.4, 0.5) is 0 Å². The molecule has 1 fully saturated rings. The Morgan fingerprint density at radius 3 is 2.35 bits per heavy atom. The zero-order chi connectivity index (χ0) is 14.1. The lowest BCUT2D eigenvalue weighted by atomic mass is 9.80. The maximum atomic E-state index is 5.77. The third-order valence-electron chi connectivity index (χ3n) is 4.01. The van der Waals surface area contributed by atoms with Crippen LogP contribution in [0.25, 0.3) is 0 Å².